The third-order valence-electron chi connectivity index (χ3n) is 4.68. The van der Waals surface area contributed by atoms with Gasteiger partial charge in [0.25, 0.3) is 0 Å². The molecule has 0 atom stereocenters. The average molecular weight is 385 g/mol. The number of hydrogen-bond donors (Lipinski definition) is 0. The van der Waals surface area contributed by atoms with Crippen molar-refractivity contribution < 1.29 is 9.47 Å². The lowest BCUT2D eigenvalue weighted by Gasteiger charge is -2.10. The van der Waals surface area contributed by atoms with E-state index in [1.807, 2.05) is 20.8 Å². The van der Waals surface area contributed by atoms with Crippen LogP contribution in [0.4, 0.5) is 0 Å². The maximum Gasteiger partial charge on any atom is 0.352 e. The normalized spacial score (nSPS) is 11.4. The summed E-state index contributed by atoms with van der Waals surface area (Å²) in [5.74, 6) is 1.66. The molecule has 4 heterocycles. The molecule has 0 fully saturated rings. The number of thiophene rings is 1. The van der Waals surface area contributed by atoms with Gasteiger partial charge in [0.05, 0.1) is 26.2 Å². The minimum Gasteiger partial charge on any atom is -0.493 e. The molecule has 0 saturated carbocycles. The highest BCUT2D eigenvalue weighted by atomic mass is 32.1. The standard InChI is InChI=1S/C18H19N5O3S/c1-9-10(2)27-17-14(9)16-21-22(18(24)23(16)11(3)20-17)8-12-15(26-5)13(25-4)6-7-19-12/h6-7H,8H2,1-5H3. The quantitative estimate of drug-likeness (QED) is 0.537. The maximum absolute atomic E-state index is 13.0. The average Bonchev–Trinajstić information content (AvgIpc) is 3.12. The van der Waals surface area contributed by atoms with Gasteiger partial charge in [0.2, 0.25) is 0 Å². The van der Waals surface area contributed by atoms with Crippen molar-refractivity contribution in [3.8, 4) is 11.5 Å². The van der Waals surface area contributed by atoms with Crippen molar-refractivity contribution in [1.82, 2.24) is 24.1 Å². The molecule has 0 aliphatic carbocycles. The van der Waals surface area contributed by atoms with E-state index in [0.29, 0.717) is 28.7 Å². The van der Waals surface area contributed by atoms with E-state index in [-0.39, 0.29) is 12.2 Å². The van der Waals surface area contributed by atoms with Gasteiger partial charge < -0.3 is 9.47 Å². The van der Waals surface area contributed by atoms with Crippen LogP contribution in [0.25, 0.3) is 15.9 Å². The Kier molecular flexibility index (Phi) is 4.11. The second-order valence-corrected chi connectivity index (χ2v) is 7.42. The number of ether oxygens (including phenoxy) is 2. The molecular formula is C18H19N5O3S. The molecule has 0 radical (unpaired) electrons. The highest BCUT2D eigenvalue weighted by Gasteiger charge is 2.20. The summed E-state index contributed by atoms with van der Waals surface area (Å²) in [5.41, 5.74) is 2.03. The van der Waals surface area contributed by atoms with Crippen molar-refractivity contribution >= 4 is 27.2 Å². The van der Waals surface area contributed by atoms with E-state index in [0.717, 1.165) is 15.8 Å². The van der Waals surface area contributed by atoms with E-state index in [1.165, 1.54) is 9.56 Å². The van der Waals surface area contributed by atoms with Crippen LogP contribution in [0.5, 0.6) is 11.5 Å². The van der Waals surface area contributed by atoms with Crippen molar-refractivity contribution in [2.45, 2.75) is 27.3 Å². The summed E-state index contributed by atoms with van der Waals surface area (Å²) in [6.07, 6.45) is 1.62. The monoisotopic (exact) mass is 385 g/mol. The zero-order valence-electron chi connectivity index (χ0n) is 15.7. The van der Waals surface area contributed by atoms with Gasteiger partial charge in [-0.1, -0.05) is 0 Å². The topological polar surface area (TPSA) is 83.5 Å². The lowest BCUT2D eigenvalue weighted by molar-refractivity contribution is 0.347. The highest BCUT2D eigenvalue weighted by molar-refractivity contribution is 7.18. The molecule has 4 rings (SSSR count). The molecule has 0 unspecified atom stereocenters. The van der Waals surface area contributed by atoms with Gasteiger partial charge in [-0.05, 0) is 26.3 Å². The fraction of sp³-hybridized carbons (Fsp3) is 0.333. The van der Waals surface area contributed by atoms with Gasteiger partial charge in [-0.3, -0.25) is 4.98 Å². The molecule has 140 valence electrons. The number of aryl methyl sites for hydroxylation is 3. The molecule has 0 aliphatic heterocycles. The maximum atomic E-state index is 13.0. The summed E-state index contributed by atoms with van der Waals surface area (Å²) in [6.45, 7) is 6.06. The number of hydrogen-bond acceptors (Lipinski definition) is 7. The number of aromatic nitrogens is 5. The third kappa shape index (κ3) is 2.57. The first kappa shape index (κ1) is 17.5. The number of rotatable bonds is 4. The Bertz CT molecular complexity index is 1240. The lowest BCUT2D eigenvalue weighted by Crippen LogP contribution is -2.23. The molecule has 4 aromatic heterocycles. The van der Waals surface area contributed by atoms with E-state index in [1.54, 1.807) is 42.2 Å². The molecule has 0 spiro atoms. The number of methoxy groups -OCH3 is 2. The second kappa shape index (κ2) is 6.34. The Morgan fingerprint density at radius 1 is 1.19 bits per heavy atom. The fourth-order valence-electron chi connectivity index (χ4n) is 3.22. The van der Waals surface area contributed by atoms with Crippen LogP contribution in [0.1, 0.15) is 22.0 Å². The molecule has 9 heteroatoms. The van der Waals surface area contributed by atoms with E-state index in [2.05, 4.69) is 15.1 Å². The molecule has 4 aromatic rings. The molecule has 0 amide bonds. The summed E-state index contributed by atoms with van der Waals surface area (Å²) in [5, 5.41) is 5.52. The first-order valence-corrected chi connectivity index (χ1v) is 9.19. The smallest absolute Gasteiger partial charge is 0.352 e. The Hall–Kier alpha value is -2.94. The summed E-state index contributed by atoms with van der Waals surface area (Å²) in [7, 11) is 3.11. The second-order valence-electron chi connectivity index (χ2n) is 6.21. The SMILES string of the molecule is COc1ccnc(Cn2nc3c4c(C)c(C)sc4nc(C)n3c2=O)c1OC. The summed E-state index contributed by atoms with van der Waals surface area (Å²) in [6, 6.07) is 1.71. The highest BCUT2D eigenvalue weighted by Crippen LogP contribution is 2.32. The van der Waals surface area contributed by atoms with Crippen LogP contribution in [-0.4, -0.2) is 38.4 Å². The van der Waals surface area contributed by atoms with E-state index < -0.39 is 0 Å². The molecule has 0 aromatic carbocycles. The number of pyridine rings is 1. The Morgan fingerprint density at radius 2 is 1.96 bits per heavy atom. The van der Waals surface area contributed by atoms with Gasteiger partial charge in [0.1, 0.15) is 16.3 Å². The molecular weight excluding hydrogens is 366 g/mol. The van der Waals surface area contributed by atoms with Crippen LogP contribution >= 0.6 is 11.3 Å². The molecule has 27 heavy (non-hydrogen) atoms. The van der Waals surface area contributed by atoms with Crippen molar-refractivity contribution in [3.05, 3.63) is 44.7 Å². The van der Waals surface area contributed by atoms with Gasteiger partial charge in [0, 0.05) is 17.1 Å². The van der Waals surface area contributed by atoms with E-state index in [9.17, 15) is 4.79 Å². The Balaban J connectivity index is 1.94. The van der Waals surface area contributed by atoms with Crippen LogP contribution in [-0.2, 0) is 6.54 Å². The summed E-state index contributed by atoms with van der Waals surface area (Å²) >= 11 is 1.61. The van der Waals surface area contributed by atoms with Crippen LogP contribution in [0.15, 0.2) is 17.1 Å². The van der Waals surface area contributed by atoms with Crippen LogP contribution in [0, 0.1) is 20.8 Å². The molecule has 0 N–H and O–H groups in total. The van der Waals surface area contributed by atoms with Crippen molar-refractivity contribution in [1.29, 1.82) is 0 Å². The minimum absolute atomic E-state index is 0.171. The van der Waals surface area contributed by atoms with Crippen molar-refractivity contribution in [3.63, 3.8) is 0 Å². The molecule has 0 saturated heterocycles. The van der Waals surface area contributed by atoms with Crippen molar-refractivity contribution in [2.75, 3.05) is 14.2 Å². The first-order chi connectivity index (χ1) is 13.0. The van der Waals surface area contributed by atoms with Gasteiger partial charge >= 0.3 is 5.69 Å². The van der Waals surface area contributed by atoms with Crippen LogP contribution < -0.4 is 15.2 Å². The van der Waals surface area contributed by atoms with Gasteiger partial charge in [0.15, 0.2) is 17.1 Å². The first-order valence-electron chi connectivity index (χ1n) is 8.38. The predicted molar refractivity (Wildman–Crippen MR) is 103 cm³/mol. The fourth-order valence-corrected chi connectivity index (χ4v) is 4.29. The largest absolute Gasteiger partial charge is 0.493 e. The predicted octanol–water partition coefficient (Wildman–Crippen LogP) is 2.49. The Morgan fingerprint density at radius 3 is 2.67 bits per heavy atom. The third-order valence-corrected chi connectivity index (χ3v) is 5.78. The van der Waals surface area contributed by atoms with Crippen LogP contribution in [0.3, 0.4) is 0 Å². The number of nitrogens with zero attached hydrogens (tertiary/aromatic N) is 5. The Labute approximate surface area is 159 Å². The van der Waals surface area contributed by atoms with E-state index >= 15 is 0 Å². The van der Waals surface area contributed by atoms with Crippen molar-refractivity contribution in [2.24, 2.45) is 0 Å². The van der Waals surface area contributed by atoms with E-state index in [4.69, 9.17) is 9.47 Å². The number of fused-ring (bicyclic) bond motifs is 3. The minimum atomic E-state index is -0.258. The molecule has 0 aliphatic rings. The van der Waals surface area contributed by atoms with Gasteiger partial charge in [-0.15, -0.1) is 16.4 Å². The summed E-state index contributed by atoms with van der Waals surface area (Å²) in [4.78, 5) is 24.0. The molecule has 8 nitrogen and oxygen atoms in total. The van der Waals surface area contributed by atoms with Gasteiger partial charge in [-0.2, -0.15) is 0 Å². The van der Waals surface area contributed by atoms with Gasteiger partial charge in [-0.25, -0.2) is 18.9 Å². The molecule has 0 bridgehead atoms. The lowest BCUT2D eigenvalue weighted by atomic mass is 10.2. The zero-order valence-corrected chi connectivity index (χ0v) is 16.5. The van der Waals surface area contributed by atoms with Crippen LogP contribution in [0.2, 0.25) is 0 Å². The zero-order chi connectivity index (χ0) is 19.3. The summed E-state index contributed by atoms with van der Waals surface area (Å²) < 4.78 is 13.7.